The summed E-state index contributed by atoms with van der Waals surface area (Å²) in [5, 5.41) is 2.82. The maximum Gasteiger partial charge on any atom is 0.251 e. The van der Waals surface area contributed by atoms with E-state index >= 15 is 0 Å². The molecule has 0 saturated heterocycles. The summed E-state index contributed by atoms with van der Waals surface area (Å²) in [7, 11) is 0. The van der Waals surface area contributed by atoms with E-state index in [1.807, 2.05) is 25.1 Å². The third kappa shape index (κ3) is 3.59. The third-order valence-electron chi connectivity index (χ3n) is 2.66. The van der Waals surface area contributed by atoms with Crippen molar-refractivity contribution >= 4 is 5.91 Å². The Hall–Kier alpha value is -2.27. The van der Waals surface area contributed by atoms with Crippen LogP contribution in [-0.4, -0.2) is 15.9 Å². The Morgan fingerprint density at radius 2 is 2.16 bits per heavy atom. The summed E-state index contributed by atoms with van der Waals surface area (Å²) in [6.07, 6.45) is 1.59. The average Bonchev–Trinajstić information content (AvgIpc) is 2.45. The number of aromatic nitrogens is 2. The fourth-order valence-electron chi connectivity index (χ4n) is 1.70. The predicted octanol–water partition coefficient (Wildman–Crippen LogP) is 1.17. The highest BCUT2D eigenvalue weighted by Crippen LogP contribution is 2.03. The Labute approximate surface area is 111 Å². The van der Waals surface area contributed by atoms with Crippen molar-refractivity contribution in [3.63, 3.8) is 0 Å². The zero-order valence-electron chi connectivity index (χ0n) is 10.8. The number of hydrogen-bond acceptors (Lipinski definition) is 4. The summed E-state index contributed by atoms with van der Waals surface area (Å²) in [6.45, 7) is 2.64. The summed E-state index contributed by atoms with van der Waals surface area (Å²) in [6, 6.07) is 9.08. The SMILES string of the molecule is Cc1cccc(CNC(=O)c2ccnc(CN)c2)n1. The van der Waals surface area contributed by atoms with Crippen LogP contribution in [0.5, 0.6) is 0 Å². The summed E-state index contributed by atoms with van der Waals surface area (Å²) >= 11 is 0. The third-order valence-corrected chi connectivity index (χ3v) is 2.66. The molecule has 1 amide bonds. The molecule has 0 fully saturated rings. The molecule has 3 N–H and O–H groups in total. The first-order chi connectivity index (χ1) is 9.19. The van der Waals surface area contributed by atoms with E-state index in [2.05, 4.69) is 15.3 Å². The number of amides is 1. The maximum absolute atomic E-state index is 12.0. The van der Waals surface area contributed by atoms with Gasteiger partial charge in [0.1, 0.15) is 0 Å². The first-order valence-electron chi connectivity index (χ1n) is 6.05. The number of carbonyl (C=O) groups excluding carboxylic acids is 1. The van der Waals surface area contributed by atoms with Gasteiger partial charge >= 0.3 is 0 Å². The lowest BCUT2D eigenvalue weighted by molar-refractivity contribution is 0.0950. The molecular weight excluding hydrogens is 240 g/mol. The van der Waals surface area contributed by atoms with Gasteiger partial charge in [-0.15, -0.1) is 0 Å². The molecule has 0 radical (unpaired) electrons. The molecule has 0 bridgehead atoms. The van der Waals surface area contributed by atoms with Gasteiger partial charge in [-0.3, -0.25) is 14.8 Å². The maximum atomic E-state index is 12.0. The van der Waals surface area contributed by atoms with E-state index in [4.69, 9.17) is 5.73 Å². The van der Waals surface area contributed by atoms with E-state index < -0.39 is 0 Å². The van der Waals surface area contributed by atoms with Crippen molar-refractivity contribution in [2.45, 2.75) is 20.0 Å². The number of carbonyl (C=O) groups is 1. The Bertz CT molecular complexity index is 583. The first kappa shape index (κ1) is 13.2. The number of pyridine rings is 2. The molecule has 0 spiro atoms. The number of nitrogens with two attached hydrogens (primary N) is 1. The van der Waals surface area contributed by atoms with Crippen molar-refractivity contribution in [2.24, 2.45) is 5.73 Å². The van der Waals surface area contributed by atoms with Gasteiger partial charge in [0.2, 0.25) is 0 Å². The van der Waals surface area contributed by atoms with Crippen LogP contribution in [0.3, 0.4) is 0 Å². The van der Waals surface area contributed by atoms with Gasteiger partial charge in [-0.05, 0) is 31.2 Å². The van der Waals surface area contributed by atoms with E-state index in [1.54, 1.807) is 18.3 Å². The highest BCUT2D eigenvalue weighted by Gasteiger charge is 2.06. The minimum absolute atomic E-state index is 0.152. The zero-order valence-corrected chi connectivity index (χ0v) is 10.8. The number of rotatable bonds is 4. The van der Waals surface area contributed by atoms with Crippen molar-refractivity contribution < 1.29 is 4.79 Å². The topological polar surface area (TPSA) is 80.9 Å². The lowest BCUT2D eigenvalue weighted by Gasteiger charge is -2.06. The molecule has 2 aromatic heterocycles. The van der Waals surface area contributed by atoms with Crippen LogP contribution in [0.4, 0.5) is 0 Å². The van der Waals surface area contributed by atoms with E-state index in [9.17, 15) is 4.79 Å². The predicted molar refractivity (Wildman–Crippen MR) is 72.3 cm³/mol. The molecule has 5 heteroatoms. The monoisotopic (exact) mass is 256 g/mol. The molecule has 2 rings (SSSR count). The van der Waals surface area contributed by atoms with Crippen LogP contribution in [0.1, 0.15) is 27.4 Å². The second-order valence-electron chi connectivity index (χ2n) is 4.19. The van der Waals surface area contributed by atoms with Gasteiger partial charge in [0.05, 0.1) is 17.9 Å². The molecule has 19 heavy (non-hydrogen) atoms. The highest BCUT2D eigenvalue weighted by atomic mass is 16.1. The second kappa shape index (κ2) is 6.06. The van der Waals surface area contributed by atoms with Crippen molar-refractivity contribution in [3.8, 4) is 0 Å². The van der Waals surface area contributed by atoms with Crippen LogP contribution in [-0.2, 0) is 13.1 Å². The van der Waals surface area contributed by atoms with Crippen molar-refractivity contribution in [2.75, 3.05) is 0 Å². The Balaban J connectivity index is 2.01. The second-order valence-corrected chi connectivity index (χ2v) is 4.19. The fraction of sp³-hybridized carbons (Fsp3) is 0.214. The summed E-state index contributed by atoms with van der Waals surface area (Å²) in [4.78, 5) is 20.3. The number of nitrogens with one attached hydrogen (secondary N) is 1. The lowest BCUT2D eigenvalue weighted by Crippen LogP contribution is -2.23. The van der Waals surface area contributed by atoms with Gasteiger partial charge in [0, 0.05) is 24.0 Å². The smallest absolute Gasteiger partial charge is 0.251 e. The Morgan fingerprint density at radius 3 is 2.89 bits per heavy atom. The van der Waals surface area contributed by atoms with Gasteiger partial charge in [0.15, 0.2) is 0 Å². The van der Waals surface area contributed by atoms with Crippen LogP contribution >= 0.6 is 0 Å². The van der Waals surface area contributed by atoms with Crippen LogP contribution in [0.2, 0.25) is 0 Å². The molecule has 98 valence electrons. The summed E-state index contributed by atoms with van der Waals surface area (Å²) in [5.74, 6) is -0.152. The van der Waals surface area contributed by atoms with Gasteiger partial charge < -0.3 is 11.1 Å². The fourth-order valence-corrected chi connectivity index (χ4v) is 1.70. The van der Waals surface area contributed by atoms with Crippen LogP contribution in [0, 0.1) is 6.92 Å². The van der Waals surface area contributed by atoms with Crippen molar-refractivity contribution in [3.05, 3.63) is 59.2 Å². The van der Waals surface area contributed by atoms with Crippen molar-refractivity contribution in [1.29, 1.82) is 0 Å². The quantitative estimate of drug-likeness (QED) is 0.860. The van der Waals surface area contributed by atoms with Crippen molar-refractivity contribution in [1.82, 2.24) is 15.3 Å². The molecular formula is C14H16N4O. The summed E-state index contributed by atoms with van der Waals surface area (Å²) < 4.78 is 0. The van der Waals surface area contributed by atoms with E-state index in [-0.39, 0.29) is 5.91 Å². The first-order valence-corrected chi connectivity index (χ1v) is 6.05. The molecule has 2 aromatic rings. The molecule has 0 atom stereocenters. The molecule has 2 heterocycles. The van der Waals surface area contributed by atoms with Crippen LogP contribution in [0.25, 0.3) is 0 Å². The number of nitrogens with zero attached hydrogens (tertiary/aromatic N) is 2. The molecule has 5 nitrogen and oxygen atoms in total. The minimum atomic E-state index is -0.152. The molecule has 0 saturated carbocycles. The molecule has 0 aliphatic carbocycles. The minimum Gasteiger partial charge on any atom is -0.346 e. The zero-order chi connectivity index (χ0) is 13.7. The molecule has 0 aliphatic heterocycles. The highest BCUT2D eigenvalue weighted by molar-refractivity contribution is 5.94. The standard InChI is InChI=1S/C14H16N4O/c1-10-3-2-4-12(18-10)9-17-14(19)11-5-6-16-13(7-11)8-15/h2-7H,8-9,15H2,1H3,(H,17,19). The van der Waals surface area contributed by atoms with Crippen LogP contribution < -0.4 is 11.1 Å². The van der Waals surface area contributed by atoms with E-state index in [0.29, 0.717) is 24.3 Å². The summed E-state index contributed by atoms with van der Waals surface area (Å²) in [5.41, 5.74) is 8.52. The average molecular weight is 256 g/mol. The van der Waals surface area contributed by atoms with E-state index in [1.165, 1.54) is 0 Å². The van der Waals surface area contributed by atoms with Crippen LogP contribution in [0.15, 0.2) is 36.5 Å². The van der Waals surface area contributed by atoms with Gasteiger partial charge in [-0.2, -0.15) is 0 Å². The molecule has 0 unspecified atom stereocenters. The Kier molecular flexibility index (Phi) is 4.20. The molecule has 0 aromatic carbocycles. The number of aryl methyl sites for hydroxylation is 1. The normalized spacial score (nSPS) is 10.2. The van der Waals surface area contributed by atoms with Gasteiger partial charge in [-0.1, -0.05) is 6.07 Å². The largest absolute Gasteiger partial charge is 0.346 e. The van der Waals surface area contributed by atoms with Gasteiger partial charge in [-0.25, -0.2) is 0 Å². The van der Waals surface area contributed by atoms with E-state index in [0.717, 1.165) is 11.4 Å². The number of hydrogen-bond donors (Lipinski definition) is 2. The lowest BCUT2D eigenvalue weighted by atomic mass is 10.2. The Morgan fingerprint density at radius 1 is 1.32 bits per heavy atom. The van der Waals surface area contributed by atoms with Gasteiger partial charge in [0.25, 0.3) is 5.91 Å². The molecule has 0 aliphatic rings.